The zero-order valence-corrected chi connectivity index (χ0v) is 13.0. The lowest BCUT2D eigenvalue weighted by Gasteiger charge is -2.09. The van der Waals surface area contributed by atoms with Gasteiger partial charge in [-0.15, -0.1) is 0 Å². The Morgan fingerprint density at radius 1 is 0.591 bits per heavy atom. The first-order valence-electron chi connectivity index (χ1n) is 8.06. The Morgan fingerprint density at radius 3 is 1.50 bits per heavy atom. The van der Waals surface area contributed by atoms with Crippen LogP contribution in [0.4, 0.5) is 0 Å². The van der Waals surface area contributed by atoms with E-state index in [-0.39, 0.29) is 0 Å². The van der Waals surface area contributed by atoms with Gasteiger partial charge in [0.15, 0.2) is 0 Å². The molecule has 0 amide bonds. The number of fused-ring (bicyclic) bond motifs is 6. The SMILES string of the molecule is Cc1cccc2c1-c1cc3c(cc1C2)-c1c(C)cccc1C3. The van der Waals surface area contributed by atoms with Crippen molar-refractivity contribution in [3.05, 3.63) is 81.9 Å². The van der Waals surface area contributed by atoms with Crippen molar-refractivity contribution in [2.24, 2.45) is 0 Å². The third-order valence-electron chi connectivity index (χ3n) is 5.35. The zero-order valence-electron chi connectivity index (χ0n) is 13.0. The largest absolute Gasteiger partial charge is 0.0617 e. The number of benzene rings is 3. The summed E-state index contributed by atoms with van der Waals surface area (Å²) in [6.45, 7) is 4.47. The Bertz CT molecular complexity index is 865. The second kappa shape index (κ2) is 4.10. The predicted molar refractivity (Wildman–Crippen MR) is 92.4 cm³/mol. The minimum Gasteiger partial charge on any atom is -0.0617 e. The van der Waals surface area contributed by atoms with Gasteiger partial charge in [-0.05, 0) is 94.5 Å². The summed E-state index contributed by atoms with van der Waals surface area (Å²) in [4.78, 5) is 0. The van der Waals surface area contributed by atoms with Crippen molar-refractivity contribution in [1.82, 2.24) is 0 Å². The number of rotatable bonds is 0. The molecule has 22 heavy (non-hydrogen) atoms. The normalized spacial score (nSPS) is 13.5. The van der Waals surface area contributed by atoms with Crippen LogP contribution in [-0.4, -0.2) is 0 Å². The maximum absolute atomic E-state index is 2.46. The molecule has 0 bridgehead atoms. The van der Waals surface area contributed by atoms with Gasteiger partial charge >= 0.3 is 0 Å². The fraction of sp³-hybridized carbons (Fsp3) is 0.182. The molecule has 0 unspecified atom stereocenters. The zero-order chi connectivity index (χ0) is 14.8. The van der Waals surface area contributed by atoms with Gasteiger partial charge in [-0.2, -0.15) is 0 Å². The van der Waals surface area contributed by atoms with Crippen LogP contribution in [0, 0.1) is 13.8 Å². The van der Waals surface area contributed by atoms with E-state index in [1.54, 1.807) is 0 Å². The molecule has 0 atom stereocenters. The molecule has 0 spiro atoms. The molecule has 2 aliphatic rings. The highest BCUT2D eigenvalue weighted by atomic mass is 14.3. The minimum atomic E-state index is 1.08. The molecule has 0 heteroatoms. The van der Waals surface area contributed by atoms with Gasteiger partial charge in [-0.3, -0.25) is 0 Å². The highest BCUT2D eigenvalue weighted by Crippen LogP contribution is 2.46. The average molecular weight is 282 g/mol. The smallest absolute Gasteiger partial charge is 0.00131 e. The quantitative estimate of drug-likeness (QED) is 0.354. The topological polar surface area (TPSA) is 0 Å². The van der Waals surface area contributed by atoms with Crippen molar-refractivity contribution < 1.29 is 0 Å². The van der Waals surface area contributed by atoms with Gasteiger partial charge in [0.05, 0.1) is 0 Å². The Hall–Kier alpha value is -2.34. The van der Waals surface area contributed by atoms with Crippen LogP contribution in [0.25, 0.3) is 22.3 Å². The van der Waals surface area contributed by atoms with E-state index >= 15 is 0 Å². The molecule has 5 rings (SSSR count). The van der Waals surface area contributed by atoms with Gasteiger partial charge in [0.1, 0.15) is 0 Å². The molecular formula is C22H18. The summed E-state index contributed by atoms with van der Waals surface area (Å²) < 4.78 is 0. The molecule has 106 valence electrons. The van der Waals surface area contributed by atoms with Crippen LogP contribution in [0.15, 0.2) is 48.5 Å². The van der Waals surface area contributed by atoms with E-state index in [1.807, 2.05) is 0 Å². The van der Waals surface area contributed by atoms with Crippen LogP contribution in [-0.2, 0) is 12.8 Å². The third kappa shape index (κ3) is 1.47. The van der Waals surface area contributed by atoms with Crippen molar-refractivity contribution in [3.8, 4) is 22.3 Å². The Labute approximate surface area is 131 Å². The van der Waals surface area contributed by atoms with E-state index < -0.39 is 0 Å². The first-order valence-corrected chi connectivity index (χ1v) is 8.06. The Kier molecular flexibility index (Phi) is 2.28. The fourth-order valence-corrected chi connectivity index (χ4v) is 4.38. The number of hydrogen-bond acceptors (Lipinski definition) is 0. The van der Waals surface area contributed by atoms with E-state index in [4.69, 9.17) is 0 Å². The minimum absolute atomic E-state index is 1.08. The summed E-state index contributed by atoms with van der Waals surface area (Å²) in [5.74, 6) is 0. The van der Waals surface area contributed by atoms with Gasteiger partial charge in [0.25, 0.3) is 0 Å². The lowest BCUT2D eigenvalue weighted by Crippen LogP contribution is -1.87. The molecule has 2 aliphatic carbocycles. The predicted octanol–water partition coefficient (Wildman–Crippen LogP) is 5.45. The fourth-order valence-electron chi connectivity index (χ4n) is 4.38. The van der Waals surface area contributed by atoms with E-state index in [0.717, 1.165) is 12.8 Å². The van der Waals surface area contributed by atoms with Crippen molar-refractivity contribution in [1.29, 1.82) is 0 Å². The van der Waals surface area contributed by atoms with Crippen LogP contribution >= 0.6 is 0 Å². The first-order chi connectivity index (χ1) is 10.7. The molecule has 0 saturated carbocycles. The van der Waals surface area contributed by atoms with E-state index in [0.29, 0.717) is 0 Å². The van der Waals surface area contributed by atoms with Crippen LogP contribution in [0.5, 0.6) is 0 Å². The second-order valence-electron chi connectivity index (χ2n) is 6.74. The van der Waals surface area contributed by atoms with Crippen LogP contribution < -0.4 is 0 Å². The van der Waals surface area contributed by atoms with Crippen LogP contribution in [0.1, 0.15) is 33.4 Å². The molecule has 0 fully saturated rings. The standard InChI is InChI=1S/C22H18/c1-13-5-3-7-15-9-17-12-20-18(11-19(17)21(13)15)10-16-8-4-6-14(2)22(16)20/h3-8,11-12H,9-10H2,1-2H3. The molecule has 3 aromatic rings. The lowest BCUT2D eigenvalue weighted by atomic mass is 9.95. The van der Waals surface area contributed by atoms with Crippen LogP contribution in [0.3, 0.4) is 0 Å². The van der Waals surface area contributed by atoms with Gasteiger partial charge < -0.3 is 0 Å². The maximum atomic E-state index is 2.46. The average Bonchev–Trinajstić information content (AvgIpc) is 3.03. The van der Waals surface area contributed by atoms with E-state index in [1.165, 1.54) is 55.6 Å². The monoisotopic (exact) mass is 282 g/mol. The van der Waals surface area contributed by atoms with Crippen molar-refractivity contribution >= 4 is 0 Å². The summed E-state index contributed by atoms with van der Waals surface area (Å²) in [6.07, 6.45) is 2.17. The summed E-state index contributed by atoms with van der Waals surface area (Å²) in [7, 11) is 0. The molecule has 0 heterocycles. The van der Waals surface area contributed by atoms with E-state index in [2.05, 4.69) is 62.4 Å². The Morgan fingerprint density at radius 2 is 1.05 bits per heavy atom. The molecule has 0 aromatic heterocycles. The maximum Gasteiger partial charge on any atom is -0.00131 e. The molecule has 3 aromatic carbocycles. The summed E-state index contributed by atoms with van der Waals surface area (Å²) in [5.41, 5.74) is 14.7. The summed E-state index contributed by atoms with van der Waals surface area (Å²) in [6, 6.07) is 18.3. The molecule has 0 nitrogen and oxygen atoms in total. The molecule has 0 radical (unpaired) electrons. The van der Waals surface area contributed by atoms with Crippen molar-refractivity contribution in [2.75, 3.05) is 0 Å². The van der Waals surface area contributed by atoms with Crippen LogP contribution in [0.2, 0.25) is 0 Å². The third-order valence-corrected chi connectivity index (χ3v) is 5.35. The number of hydrogen-bond donors (Lipinski definition) is 0. The highest BCUT2D eigenvalue weighted by Gasteiger charge is 2.26. The van der Waals surface area contributed by atoms with Crippen molar-refractivity contribution in [3.63, 3.8) is 0 Å². The molecular weight excluding hydrogens is 264 g/mol. The van der Waals surface area contributed by atoms with Crippen molar-refractivity contribution in [2.45, 2.75) is 26.7 Å². The Balaban J connectivity index is 1.77. The van der Waals surface area contributed by atoms with Gasteiger partial charge in [-0.25, -0.2) is 0 Å². The number of aryl methyl sites for hydroxylation is 2. The van der Waals surface area contributed by atoms with Gasteiger partial charge in [0, 0.05) is 0 Å². The second-order valence-corrected chi connectivity index (χ2v) is 6.74. The molecule has 0 aliphatic heterocycles. The highest BCUT2D eigenvalue weighted by molar-refractivity contribution is 5.87. The summed E-state index contributed by atoms with van der Waals surface area (Å²) in [5, 5.41) is 0. The van der Waals surface area contributed by atoms with Gasteiger partial charge in [0.2, 0.25) is 0 Å². The first kappa shape index (κ1) is 12.2. The molecule has 0 N–H and O–H groups in total. The summed E-state index contributed by atoms with van der Waals surface area (Å²) >= 11 is 0. The van der Waals surface area contributed by atoms with Gasteiger partial charge in [-0.1, -0.05) is 36.4 Å². The van der Waals surface area contributed by atoms with E-state index in [9.17, 15) is 0 Å². The lowest BCUT2D eigenvalue weighted by molar-refractivity contribution is 1.24. The molecule has 0 saturated heterocycles.